The second-order valence-electron chi connectivity index (χ2n) is 4.88. The van der Waals surface area contributed by atoms with E-state index in [1.165, 1.54) is 0 Å². The summed E-state index contributed by atoms with van der Waals surface area (Å²) in [5.41, 5.74) is 1.23. The zero-order chi connectivity index (χ0) is 15.5. The maximum Gasteiger partial charge on any atom is 0.346 e. The lowest BCUT2D eigenvalue weighted by molar-refractivity contribution is -0.163. The van der Waals surface area contributed by atoms with E-state index < -0.39 is 17.5 Å². The van der Waals surface area contributed by atoms with Crippen LogP contribution in [0, 0.1) is 6.92 Å². The molecule has 0 saturated heterocycles. The molecule has 0 aliphatic carbocycles. The second-order valence-corrected chi connectivity index (χ2v) is 4.88. The Kier molecular flexibility index (Phi) is 4.40. The van der Waals surface area contributed by atoms with Crippen LogP contribution in [0.3, 0.4) is 0 Å². The van der Waals surface area contributed by atoms with Gasteiger partial charge in [0.15, 0.2) is 0 Å². The minimum Gasteiger partial charge on any atom is -0.464 e. The lowest BCUT2D eigenvalue weighted by Gasteiger charge is -2.29. The van der Waals surface area contributed by atoms with Gasteiger partial charge in [-0.2, -0.15) is 0 Å². The van der Waals surface area contributed by atoms with Crippen LogP contribution in [0.1, 0.15) is 30.5 Å². The number of carbonyl (C=O) groups is 2. The van der Waals surface area contributed by atoms with Crippen molar-refractivity contribution in [2.45, 2.75) is 32.7 Å². The van der Waals surface area contributed by atoms with Crippen LogP contribution in [0.2, 0.25) is 0 Å². The molecule has 0 bridgehead atoms. The van der Waals surface area contributed by atoms with Gasteiger partial charge in [-0.25, -0.2) is 9.59 Å². The molecule has 5 nitrogen and oxygen atoms in total. The SMILES string of the molecule is CCOC(=O)C1(C(=O)OCC)Cc2c(C)cccc2C=N1. The minimum absolute atomic E-state index is 0.170. The summed E-state index contributed by atoms with van der Waals surface area (Å²) < 4.78 is 10.1. The van der Waals surface area contributed by atoms with Gasteiger partial charge in [0, 0.05) is 12.6 Å². The topological polar surface area (TPSA) is 65.0 Å². The van der Waals surface area contributed by atoms with Gasteiger partial charge in [0.2, 0.25) is 0 Å². The van der Waals surface area contributed by atoms with Gasteiger partial charge in [-0.1, -0.05) is 18.2 Å². The van der Waals surface area contributed by atoms with E-state index in [0.29, 0.717) is 0 Å². The number of benzene rings is 1. The predicted molar refractivity (Wildman–Crippen MR) is 78.5 cm³/mol. The summed E-state index contributed by atoms with van der Waals surface area (Å²) in [5, 5.41) is 0. The van der Waals surface area contributed by atoms with E-state index in [4.69, 9.17) is 9.47 Å². The molecule has 21 heavy (non-hydrogen) atoms. The largest absolute Gasteiger partial charge is 0.464 e. The number of ether oxygens (including phenoxy) is 2. The number of hydrogen-bond acceptors (Lipinski definition) is 5. The third-order valence-corrected chi connectivity index (χ3v) is 3.53. The van der Waals surface area contributed by atoms with E-state index >= 15 is 0 Å². The normalized spacial score (nSPS) is 15.2. The summed E-state index contributed by atoms with van der Waals surface area (Å²) in [4.78, 5) is 28.8. The summed E-state index contributed by atoms with van der Waals surface area (Å²) in [6, 6.07) is 5.77. The van der Waals surface area contributed by atoms with Crippen LogP contribution in [0.25, 0.3) is 0 Å². The fourth-order valence-corrected chi connectivity index (χ4v) is 2.40. The molecule has 0 saturated carbocycles. The lowest BCUT2D eigenvalue weighted by atomic mass is 9.84. The molecule has 0 amide bonds. The molecular formula is C16H19NO4. The molecule has 1 aromatic carbocycles. The number of hydrogen-bond donors (Lipinski definition) is 0. The van der Waals surface area contributed by atoms with Gasteiger partial charge in [-0.3, -0.25) is 4.99 Å². The molecule has 2 rings (SSSR count). The van der Waals surface area contributed by atoms with Crippen molar-refractivity contribution in [3.63, 3.8) is 0 Å². The van der Waals surface area contributed by atoms with Gasteiger partial charge in [0.1, 0.15) is 0 Å². The van der Waals surface area contributed by atoms with Crippen molar-refractivity contribution in [1.29, 1.82) is 0 Å². The molecule has 0 spiro atoms. The number of aryl methyl sites for hydroxylation is 1. The van der Waals surface area contributed by atoms with Crippen molar-refractivity contribution in [3.05, 3.63) is 34.9 Å². The quantitative estimate of drug-likeness (QED) is 0.626. The van der Waals surface area contributed by atoms with Crippen molar-refractivity contribution in [2.75, 3.05) is 13.2 Å². The van der Waals surface area contributed by atoms with Crippen LogP contribution in [-0.4, -0.2) is 36.9 Å². The molecule has 1 aliphatic heterocycles. The van der Waals surface area contributed by atoms with Crippen molar-refractivity contribution >= 4 is 18.2 Å². The van der Waals surface area contributed by atoms with Gasteiger partial charge >= 0.3 is 11.9 Å². The number of rotatable bonds is 4. The van der Waals surface area contributed by atoms with E-state index in [1.807, 2.05) is 25.1 Å². The molecule has 0 N–H and O–H groups in total. The first-order valence-corrected chi connectivity index (χ1v) is 7.03. The summed E-state index contributed by atoms with van der Waals surface area (Å²) in [6.07, 6.45) is 1.73. The molecule has 0 fully saturated rings. The highest BCUT2D eigenvalue weighted by Crippen LogP contribution is 2.29. The molecular weight excluding hydrogens is 270 g/mol. The van der Waals surface area contributed by atoms with Crippen LogP contribution < -0.4 is 0 Å². The Balaban J connectivity index is 2.47. The van der Waals surface area contributed by atoms with Crippen molar-refractivity contribution in [3.8, 4) is 0 Å². The maximum absolute atomic E-state index is 12.3. The third kappa shape index (κ3) is 2.68. The fourth-order valence-electron chi connectivity index (χ4n) is 2.40. The predicted octanol–water partition coefficient (Wildman–Crippen LogP) is 1.84. The molecule has 112 valence electrons. The third-order valence-electron chi connectivity index (χ3n) is 3.53. The maximum atomic E-state index is 12.3. The first-order chi connectivity index (χ1) is 10.0. The van der Waals surface area contributed by atoms with Gasteiger partial charge in [-0.15, -0.1) is 0 Å². The molecule has 5 heteroatoms. The Labute approximate surface area is 124 Å². The minimum atomic E-state index is -1.62. The standard InChI is InChI=1S/C16H19NO4/c1-4-20-14(18)16(15(19)21-5-2)9-13-11(3)7-6-8-12(13)10-17-16/h6-8,10H,4-5,9H2,1-3H3. The molecule has 1 heterocycles. The zero-order valence-electron chi connectivity index (χ0n) is 12.5. The molecule has 1 aromatic rings. The highest BCUT2D eigenvalue weighted by molar-refractivity contribution is 6.08. The highest BCUT2D eigenvalue weighted by atomic mass is 16.6. The molecule has 1 aliphatic rings. The lowest BCUT2D eigenvalue weighted by Crippen LogP contribution is -2.50. The number of carbonyl (C=O) groups excluding carboxylic acids is 2. The van der Waals surface area contributed by atoms with Crippen molar-refractivity contribution < 1.29 is 19.1 Å². The number of aliphatic imine (C=N–C) groups is 1. The van der Waals surface area contributed by atoms with Crippen LogP contribution >= 0.6 is 0 Å². The highest BCUT2D eigenvalue weighted by Gasteiger charge is 2.50. The summed E-state index contributed by atoms with van der Waals surface area (Å²) >= 11 is 0. The van der Waals surface area contributed by atoms with E-state index in [0.717, 1.165) is 16.7 Å². The first kappa shape index (κ1) is 15.2. The molecule has 0 atom stereocenters. The monoisotopic (exact) mass is 289 g/mol. The van der Waals surface area contributed by atoms with Crippen molar-refractivity contribution in [1.82, 2.24) is 0 Å². The zero-order valence-corrected chi connectivity index (χ0v) is 12.5. The molecule has 0 unspecified atom stereocenters. The first-order valence-electron chi connectivity index (χ1n) is 7.03. The van der Waals surface area contributed by atoms with Gasteiger partial charge in [0.05, 0.1) is 13.2 Å². The smallest absolute Gasteiger partial charge is 0.346 e. The second kappa shape index (κ2) is 6.08. The Hall–Kier alpha value is -2.17. The molecule has 0 radical (unpaired) electrons. The van der Waals surface area contributed by atoms with Crippen LogP contribution in [0.4, 0.5) is 0 Å². The average Bonchev–Trinajstić information content (AvgIpc) is 2.48. The summed E-state index contributed by atoms with van der Waals surface area (Å²) in [7, 11) is 0. The van der Waals surface area contributed by atoms with Gasteiger partial charge in [0.25, 0.3) is 5.54 Å². The average molecular weight is 289 g/mol. The van der Waals surface area contributed by atoms with Crippen molar-refractivity contribution in [2.24, 2.45) is 4.99 Å². The fraction of sp³-hybridized carbons (Fsp3) is 0.438. The Morgan fingerprint density at radius 3 is 2.38 bits per heavy atom. The Morgan fingerprint density at radius 2 is 1.81 bits per heavy atom. The van der Waals surface area contributed by atoms with Crippen LogP contribution in [0.15, 0.2) is 23.2 Å². The van der Waals surface area contributed by atoms with Crippen LogP contribution in [-0.2, 0) is 25.5 Å². The van der Waals surface area contributed by atoms with E-state index in [-0.39, 0.29) is 19.6 Å². The Bertz CT molecular complexity index is 574. The van der Waals surface area contributed by atoms with E-state index in [2.05, 4.69) is 4.99 Å². The number of nitrogens with zero attached hydrogens (tertiary/aromatic N) is 1. The van der Waals surface area contributed by atoms with E-state index in [9.17, 15) is 9.59 Å². The summed E-state index contributed by atoms with van der Waals surface area (Å²) in [6.45, 7) is 5.72. The summed E-state index contributed by atoms with van der Waals surface area (Å²) in [5.74, 6) is -1.32. The van der Waals surface area contributed by atoms with Gasteiger partial charge in [-0.05, 0) is 37.5 Å². The number of esters is 2. The van der Waals surface area contributed by atoms with Gasteiger partial charge < -0.3 is 9.47 Å². The molecule has 0 aromatic heterocycles. The van der Waals surface area contributed by atoms with Crippen LogP contribution in [0.5, 0.6) is 0 Å². The number of fused-ring (bicyclic) bond motifs is 1. The van der Waals surface area contributed by atoms with E-state index in [1.54, 1.807) is 20.1 Å². The Morgan fingerprint density at radius 1 is 1.19 bits per heavy atom.